The van der Waals surface area contributed by atoms with Crippen LogP contribution in [0.2, 0.25) is 0 Å². The van der Waals surface area contributed by atoms with Gasteiger partial charge in [0.25, 0.3) is 0 Å². The number of carboxylic acids is 1. The summed E-state index contributed by atoms with van der Waals surface area (Å²) in [6.07, 6.45) is 0. The van der Waals surface area contributed by atoms with Crippen LogP contribution in [0.5, 0.6) is 11.5 Å². The van der Waals surface area contributed by atoms with E-state index in [0.29, 0.717) is 28.0 Å². The van der Waals surface area contributed by atoms with Gasteiger partial charge in [-0.1, -0.05) is 12.1 Å². The molecular weight excluding hydrogens is 408 g/mol. The van der Waals surface area contributed by atoms with Gasteiger partial charge in [0.05, 0.1) is 18.1 Å². The van der Waals surface area contributed by atoms with Crippen molar-refractivity contribution < 1.29 is 23.8 Å². The van der Waals surface area contributed by atoms with Gasteiger partial charge < -0.3 is 19.0 Å². The molecule has 0 unspecified atom stereocenters. The zero-order valence-electron chi connectivity index (χ0n) is 18.0. The number of aryl methyl sites for hydroxylation is 2. The molecule has 0 saturated heterocycles. The summed E-state index contributed by atoms with van der Waals surface area (Å²) in [6, 6.07) is 17.2. The molecule has 0 aliphatic carbocycles. The summed E-state index contributed by atoms with van der Waals surface area (Å²) in [6.45, 7) is 3.99. The first kappa shape index (κ1) is 21.2. The summed E-state index contributed by atoms with van der Waals surface area (Å²) in [7, 11) is 1.58. The lowest BCUT2D eigenvalue weighted by Gasteiger charge is -2.13. The van der Waals surface area contributed by atoms with Crippen LogP contribution in [0, 0.1) is 13.8 Å². The molecule has 1 N–H and O–H groups in total. The number of hydrogen-bond donors (Lipinski definition) is 1. The number of rotatable bonds is 6. The Morgan fingerprint density at radius 2 is 1.62 bits per heavy atom. The predicted octanol–water partition coefficient (Wildman–Crippen LogP) is 5.36. The molecule has 4 rings (SSSR count). The van der Waals surface area contributed by atoms with Crippen molar-refractivity contribution in [3.8, 4) is 22.8 Å². The van der Waals surface area contributed by atoms with Gasteiger partial charge in [0.1, 0.15) is 17.9 Å². The van der Waals surface area contributed by atoms with E-state index in [2.05, 4.69) is 0 Å². The van der Waals surface area contributed by atoms with Crippen molar-refractivity contribution in [3.63, 3.8) is 0 Å². The first-order valence-electron chi connectivity index (χ1n) is 10.0. The van der Waals surface area contributed by atoms with Crippen LogP contribution >= 0.6 is 0 Å². The molecule has 6 heteroatoms. The van der Waals surface area contributed by atoms with Gasteiger partial charge in [0, 0.05) is 5.56 Å². The lowest BCUT2D eigenvalue weighted by atomic mass is 10.0. The number of ether oxygens (including phenoxy) is 2. The van der Waals surface area contributed by atoms with Crippen LogP contribution in [0.25, 0.3) is 22.3 Å². The number of aromatic carboxylic acids is 1. The molecule has 0 saturated carbocycles. The third-order valence-electron chi connectivity index (χ3n) is 5.40. The average molecular weight is 430 g/mol. The van der Waals surface area contributed by atoms with Crippen molar-refractivity contribution in [1.82, 2.24) is 0 Å². The molecule has 6 nitrogen and oxygen atoms in total. The van der Waals surface area contributed by atoms with Gasteiger partial charge in [-0.25, -0.2) is 4.79 Å². The zero-order chi connectivity index (χ0) is 22.8. The zero-order valence-corrected chi connectivity index (χ0v) is 18.0. The molecule has 1 aromatic heterocycles. The fourth-order valence-corrected chi connectivity index (χ4v) is 3.40. The van der Waals surface area contributed by atoms with Gasteiger partial charge in [-0.05, 0) is 79.1 Å². The summed E-state index contributed by atoms with van der Waals surface area (Å²) in [5.74, 6) is 0.119. The third-order valence-corrected chi connectivity index (χ3v) is 5.40. The molecule has 162 valence electrons. The molecule has 0 amide bonds. The molecule has 3 aromatic carbocycles. The molecule has 4 aromatic rings. The minimum Gasteiger partial charge on any atom is -0.497 e. The Morgan fingerprint density at radius 3 is 2.25 bits per heavy atom. The number of fused-ring (bicyclic) bond motifs is 1. The van der Waals surface area contributed by atoms with Crippen molar-refractivity contribution in [2.45, 2.75) is 20.5 Å². The van der Waals surface area contributed by atoms with Gasteiger partial charge in [-0.15, -0.1) is 0 Å². The van der Waals surface area contributed by atoms with Crippen molar-refractivity contribution in [3.05, 3.63) is 93.1 Å². The highest BCUT2D eigenvalue weighted by Gasteiger charge is 2.19. The van der Waals surface area contributed by atoms with Crippen molar-refractivity contribution in [2.24, 2.45) is 0 Å². The number of carbonyl (C=O) groups is 1. The highest BCUT2D eigenvalue weighted by Crippen LogP contribution is 2.33. The van der Waals surface area contributed by atoms with Gasteiger partial charge >= 0.3 is 5.97 Å². The Bertz CT molecular complexity index is 1350. The Balaban J connectivity index is 1.80. The largest absolute Gasteiger partial charge is 0.497 e. The molecule has 0 radical (unpaired) electrons. The van der Waals surface area contributed by atoms with Gasteiger partial charge in [0.2, 0.25) is 11.2 Å². The highest BCUT2D eigenvalue weighted by molar-refractivity contribution is 5.87. The summed E-state index contributed by atoms with van der Waals surface area (Å²) in [5.41, 5.74) is 3.83. The van der Waals surface area contributed by atoms with Crippen LogP contribution in [-0.4, -0.2) is 18.2 Å². The Kier molecular flexibility index (Phi) is 5.69. The van der Waals surface area contributed by atoms with Crippen LogP contribution in [0.1, 0.15) is 27.0 Å². The van der Waals surface area contributed by atoms with Gasteiger partial charge in [-0.2, -0.15) is 0 Å². The molecule has 32 heavy (non-hydrogen) atoms. The first-order chi connectivity index (χ1) is 15.4. The number of hydrogen-bond acceptors (Lipinski definition) is 5. The molecule has 0 bridgehead atoms. The van der Waals surface area contributed by atoms with Crippen LogP contribution in [0.3, 0.4) is 0 Å². The van der Waals surface area contributed by atoms with E-state index < -0.39 is 5.97 Å². The van der Waals surface area contributed by atoms with Crippen LogP contribution in [0.4, 0.5) is 0 Å². The Hall–Kier alpha value is -4.06. The maximum atomic E-state index is 13.4. The highest BCUT2D eigenvalue weighted by atomic mass is 16.5. The van der Waals surface area contributed by atoms with E-state index in [1.165, 1.54) is 12.1 Å². The van der Waals surface area contributed by atoms with Crippen molar-refractivity contribution in [2.75, 3.05) is 7.11 Å². The minimum absolute atomic E-state index is 0.0875. The second-order valence-corrected chi connectivity index (χ2v) is 7.54. The molecule has 0 aliphatic rings. The molecule has 0 fully saturated rings. The van der Waals surface area contributed by atoms with Crippen molar-refractivity contribution >= 4 is 16.9 Å². The maximum absolute atomic E-state index is 13.4. The standard InChI is InChI=1S/C26H22O6/c1-15-12-21-22(13-16(15)2)32-24(18-8-10-20(30-3)11-9-18)25(23(21)27)31-14-17-4-6-19(7-5-17)26(28)29/h4-13H,14H2,1-3H3,(H,28,29). The van der Waals surface area contributed by atoms with E-state index in [-0.39, 0.29) is 23.3 Å². The lowest BCUT2D eigenvalue weighted by molar-refractivity contribution is 0.0697. The first-order valence-corrected chi connectivity index (χ1v) is 10.0. The van der Waals surface area contributed by atoms with E-state index in [4.69, 9.17) is 19.0 Å². The molecule has 0 atom stereocenters. The fraction of sp³-hybridized carbons (Fsp3) is 0.154. The van der Waals surface area contributed by atoms with E-state index in [1.807, 2.05) is 26.0 Å². The van der Waals surface area contributed by atoms with E-state index in [1.54, 1.807) is 43.5 Å². The number of carboxylic acid groups (broad SMARTS) is 1. The molecule has 0 spiro atoms. The van der Waals surface area contributed by atoms with E-state index in [0.717, 1.165) is 16.7 Å². The predicted molar refractivity (Wildman–Crippen MR) is 122 cm³/mol. The maximum Gasteiger partial charge on any atom is 0.335 e. The quantitative estimate of drug-likeness (QED) is 0.443. The minimum atomic E-state index is -1.000. The summed E-state index contributed by atoms with van der Waals surface area (Å²) >= 11 is 0. The van der Waals surface area contributed by atoms with Gasteiger partial charge in [0.15, 0.2) is 5.76 Å². The summed E-state index contributed by atoms with van der Waals surface area (Å²) < 4.78 is 17.3. The second kappa shape index (κ2) is 8.59. The second-order valence-electron chi connectivity index (χ2n) is 7.54. The molecule has 0 aliphatic heterocycles. The van der Waals surface area contributed by atoms with Crippen molar-refractivity contribution in [1.29, 1.82) is 0 Å². The summed E-state index contributed by atoms with van der Waals surface area (Å²) in [4.78, 5) is 24.5. The number of methoxy groups -OCH3 is 1. The molecule has 1 heterocycles. The van der Waals surface area contributed by atoms with E-state index >= 15 is 0 Å². The number of benzene rings is 3. The van der Waals surface area contributed by atoms with Crippen LogP contribution < -0.4 is 14.9 Å². The fourth-order valence-electron chi connectivity index (χ4n) is 3.40. The Morgan fingerprint density at radius 1 is 0.969 bits per heavy atom. The topological polar surface area (TPSA) is 86.0 Å². The summed E-state index contributed by atoms with van der Waals surface area (Å²) in [5, 5.41) is 9.51. The SMILES string of the molecule is COc1ccc(-c2oc3cc(C)c(C)cc3c(=O)c2OCc2ccc(C(=O)O)cc2)cc1. The normalized spacial score (nSPS) is 10.8. The Labute approximate surface area is 184 Å². The average Bonchev–Trinajstić information content (AvgIpc) is 2.80. The monoisotopic (exact) mass is 430 g/mol. The van der Waals surface area contributed by atoms with Crippen LogP contribution in [0.15, 0.2) is 69.9 Å². The van der Waals surface area contributed by atoms with Crippen LogP contribution in [-0.2, 0) is 6.61 Å². The smallest absolute Gasteiger partial charge is 0.335 e. The molecular formula is C26H22O6. The lowest BCUT2D eigenvalue weighted by Crippen LogP contribution is -2.11. The van der Waals surface area contributed by atoms with Gasteiger partial charge in [-0.3, -0.25) is 4.79 Å². The van der Waals surface area contributed by atoms with E-state index in [9.17, 15) is 9.59 Å². The third kappa shape index (κ3) is 4.07.